The van der Waals surface area contributed by atoms with Crippen LogP contribution in [0.1, 0.15) is 12.0 Å². The van der Waals surface area contributed by atoms with Gasteiger partial charge in [0.05, 0.1) is 11.6 Å². The van der Waals surface area contributed by atoms with Gasteiger partial charge in [-0.1, -0.05) is 17.3 Å². The zero-order chi connectivity index (χ0) is 14.4. The molecule has 3 aliphatic rings. The van der Waals surface area contributed by atoms with Crippen LogP contribution in [0.15, 0.2) is 29.4 Å². The highest BCUT2D eigenvalue weighted by molar-refractivity contribution is 7.99. The first kappa shape index (κ1) is 13.0. The smallest absolute Gasteiger partial charge is 0.267 e. The monoisotopic (exact) mass is 304 g/mol. The number of oxime groups is 1. The maximum atomic E-state index is 12.8. The third-order valence-electron chi connectivity index (χ3n) is 4.46. The lowest BCUT2D eigenvalue weighted by Gasteiger charge is -2.33. The van der Waals surface area contributed by atoms with Gasteiger partial charge in [-0.2, -0.15) is 11.8 Å². The first-order valence-corrected chi connectivity index (χ1v) is 8.29. The number of fused-ring (bicyclic) bond motifs is 2. The minimum absolute atomic E-state index is 0.0449. The SMILES string of the molecule is O=C(N1CCSCC1)C12CC1C(=NO)c1ccccc1O2. The minimum Gasteiger partial charge on any atom is -0.476 e. The number of carbonyl (C=O) groups is 1. The van der Waals surface area contributed by atoms with E-state index in [0.717, 1.165) is 30.2 Å². The molecule has 0 bridgehead atoms. The van der Waals surface area contributed by atoms with E-state index in [-0.39, 0.29) is 11.8 Å². The first-order valence-electron chi connectivity index (χ1n) is 7.14. The molecule has 1 amide bonds. The highest BCUT2D eigenvalue weighted by Gasteiger charge is 2.69. The number of benzene rings is 1. The average Bonchev–Trinajstić information content (AvgIpc) is 3.27. The predicted octanol–water partition coefficient (Wildman–Crippen LogP) is 1.59. The average molecular weight is 304 g/mol. The van der Waals surface area contributed by atoms with Crippen molar-refractivity contribution in [2.45, 2.75) is 12.0 Å². The van der Waals surface area contributed by atoms with Crippen LogP contribution in [-0.4, -0.2) is 51.9 Å². The Hall–Kier alpha value is -1.69. The molecule has 1 aromatic carbocycles. The van der Waals surface area contributed by atoms with E-state index in [1.54, 1.807) is 0 Å². The molecule has 2 unspecified atom stereocenters. The van der Waals surface area contributed by atoms with Crippen molar-refractivity contribution in [3.63, 3.8) is 0 Å². The molecule has 5 nitrogen and oxygen atoms in total. The van der Waals surface area contributed by atoms with Crippen molar-refractivity contribution in [2.24, 2.45) is 11.1 Å². The minimum atomic E-state index is -0.835. The van der Waals surface area contributed by atoms with Gasteiger partial charge in [0.15, 0.2) is 5.60 Å². The summed E-state index contributed by atoms with van der Waals surface area (Å²) in [5.74, 6) is 2.51. The molecule has 1 aromatic rings. The van der Waals surface area contributed by atoms with Gasteiger partial charge in [0.25, 0.3) is 5.91 Å². The van der Waals surface area contributed by atoms with Crippen molar-refractivity contribution >= 4 is 23.4 Å². The molecule has 1 saturated heterocycles. The molecule has 2 heterocycles. The highest BCUT2D eigenvalue weighted by atomic mass is 32.2. The number of carbonyl (C=O) groups excluding carboxylic acids is 1. The first-order chi connectivity index (χ1) is 10.3. The van der Waals surface area contributed by atoms with Gasteiger partial charge >= 0.3 is 0 Å². The molecule has 6 heteroatoms. The van der Waals surface area contributed by atoms with E-state index in [4.69, 9.17) is 4.74 Å². The zero-order valence-electron chi connectivity index (χ0n) is 11.5. The van der Waals surface area contributed by atoms with Crippen LogP contribution in [0.2, 0.25) is 0 Å². The third kappa shape index (κ3) is 1.85. The summed E-state index contributed by atoms with van der Waals surface area (Å²) in [6.45, 7) is 1.54. The van der Waals surface area contributed by atoms with Gasteiger partial charge in [0.2, 0.25) is 0 Å². The summed E-state index contributed by atoms with van der Waals surface area (Å²) in [5.41, 5.74) is 0.537. The Bertz CT molecular complexity index is 627. The topological polar surface area (TPSA) is 62.1 Å². The summed E-state index contributed by atoms with van der Waals surface area (Å²) in [7, 11) is 0. The Labute approximate surface area is 126 Å². The number of hydrogen-bond donors (Lipinski definition) is 1. The number of nitrogens with zero attached hydrogens (tertiary/aromatic N) is 2. The second kappa shape index (κ2) is 4.66. The molecule has 2 aliphatic heterocycles. The standard InChI is InChI=1S/C15H16N2O3S/c18-14(17-5-7-21-8-6-17)15-9-11(15)13(16-19)10-3-1-2-4-12(10)20-15/h1-4,11,19H,5-9H2. The number of ether oxygens (including phenoxy) is 1. The second-order valence-electron chi connectivity index (χ2n) is 5.63. The maximum Gasteiger partial charge on any atom is 0.267 e. The fraction of sp³-hybridized carbons (Fsp3) is 0.467. The van der Waals surface area contributed by atoms with Gasteiger partial charge in [-0.05, 0) is 12.1 Å². The number of thioether (sulfide) groups is 1. The highest BCUT2D eigenvalue weighted by Crippen LogP contribution is 2.55. The van der Waals surface area contributed by atoms with Crippen LogP contribution in [0.5, 0.6) is 5.75 Å². The fourth-order valence-electron chi connectivity index (χ4n) is 3.26. The van der Waals surface area contributed by atoms with Gasteiger partial charge < -0.3 is 14.8 Å². The van der Waals surface area contributed by atoms with Crippen LogP contribution in [0.25, 0.3) is 0 Å². The normalized spacial score (nSPS) is 32.1. The van der Waals surface area contributed by atoms with Gasteiger partial charge in [-0.3, -0.25) is 4.79 Å². The van der Waals surface area contributed by atoms with E-state index in [1.807, 2.05) is 40.9 Å². The van der Waals surface area contributed by atoms with E-state index in [1.165, 1.54) is 0 Å². The van der Waals surface area contributed by atoms with E-state index < -0.39 is 5.60 Å². The van der Waals surface area contributed by atoms with Crippen LogP contribution in [-0.2, 0) is 4.79 Å². The van der Waals surface area contributed by atoms with Crippen molar-refractivity contribution in [3.05, 3.63) is 29.8 Å². The quantitative estimate of drug-likeness (QED) is 0.632. The molecule has 0 spiro atoms. The van der Waals surface area contributed by atoms with Crippen LogP contribution < -0.4 is 4.74 Å². The van der Waals surface area contributed by atoms with Crippen LogP contribution in [0, 0.1) is 5.92 Å². The lowest BCUT2D eigenvalue weighted by Crippen LogP contribution is -2.50. The molecule has 1 saturated carbocycles. The van der Waals surface area contributed by atoms with E-state index in [9.17, 15) is 10.0 Å². The molecule has 1 aliphatic carbocycles. The lowest BCUT2D eigenvalue weighted by atomic mass is 9.99. The van der Waals surface area contributed by atoms with Crippen molar-refractivity contribution < 1.29 is 14.7 Å². The number of para-hydroxylation sites is 1. The Kier molecular flexibility index (Phi) is 2.89. The van der Waals surface area contributed by atoms with Crippen molar-refractivity contribution in [1.82, 2.24) is 4.90 Å². The van der Waals surface area contributed by atoms with Crippen molar-refractivity contribution in [2.75, 3.05) is 24.6 Å². The Morgan fingerprint density at radius 1 is 1.38 bits per heavy atom. The summed E-state index contributed by atoms with van der Waals surface area (Å²) in [6, 6.07) is 7.45. The third-order valence-corrected chi connectivity index (χ3v) is 5.41. The molecule has 4 rings (SSSR count). The van der Waals surface area contributed by atoms with E-state index >= 15 is 0 Å². The molecule has 0 aromatic heterocycles. The Balaban J connectivity index is 1.68. The summed E-state index contributed by atoms with van der Waals surface area (Å²) in [4.78, 5) is 14.7. The maximum absolute atomic E-state index is 12.8. The number of rotatable bonds is 1. The second-order valence-corrected chi connectivity index (χ2v) is 6.86. The van der Waals surface area contributed by atoms with Crippen LogP contribution in [0.3, 0.4) is 0 Å². The molecule has 2 fully saturated rings. The lowest BCUT2D eigenvalue weighted by molar-refractivity contribution is -0.141. The fourth-order valence-corrected chi connectivity index (χ4v) is 4.17. The van der Waals surface area contributed by atoms with Crippen molar-refractivity contribution in [1.29, 1.82) is 0 Å². The van der Waals surface area contributed by atoms with Gasteiger partial charge in [-0.15, -0.1) is 0 Å². The molecular weight excluding hydrogens is 288 g/mol. The van der Waals surface area contributed by atoms with E-state index in [2.05, 4.69) is 5.16 Å². The van der Waals surface area contributed by atoms with Gasteiger partial charge in [0.1, 0.15) is 5.75 Å². The number of amides is 1. The summed E-state index contributed by atoms with van der Waals surface area (Å²) < 4.78 is 6.05. The summed E-state index contributed by atoms with van der Waals surface area (Å²) in [5, 5.41) is 12.8. The Morgan fingerprint density at radius 3 is 2.90 bits per heavy atom. The van der Waals surface area contributed by atoms with Gasteiger partial charge in [0, 0.05) is 36.6 Å². The Morgan fingerprint density at radius 2 is 2.14 bits per heavy atom. The van der Waals surface area contributed by atoms with Gasteiger partial charge in [-0.25, -0.2) is 0 Å². The molecule has 0 radical (unpaired) electrons. The predicted molar refractivity (Wildman–Crippen MR) is 80.1 cm³/mol. The summed E-state index contributed by atoms with van der Waals surface area (Å²) >= 11 is 1.87. The van der Waals surface area contributed by atoms with Crippen LogP contribution in [0.4, 0.5) is 0 Å². The molecule has 1 N–H and O–H groups in total. The summed E-state index contributed by atoms with van der Waals surface area (Å²) in [6.07, 6.45) is 0.601. The molecular formula is C15H16N2O3S. The van der Waals surface area contributed by atoms with E-state index in [0.29, 0.717) is 17.9 Å². The molecule has 110 valence electrons. The van der Waals surface area contributed by atoms with Crippen LogP contribution >= 0.6 is 11.8 Å². The number of hydrogen-bond acceptors (Lipinski definition) is 5. The molecule has 21 heavy (non-hydrogen) atoms. The largest absolute Gasteiger partial charge is 0.476 e. The molecule has 2 atom stereocenters. The van der Waals surface area contributed by atoms with Crippen molar-refractivity contribution in [3.8, 4) is 5.75 Å². The zero-order valence-corrected chi connectivity index (χ0v) is 12.3.